The van der Waals surface area contributed by atoms with Crippen LogP contribution >= 0.6 is 0 Å². The van der Waals surface area contributed by atoms with E-state index in [0.29, 0.717) is 25.6 Å². The lowest BCUT2D eigenvalue weighted by molar-refractivity contribution is 0.581. The second-order valence-corrected chi connectivity index (χ2v) is 6.31. The summed E-state index contributed by atoms with van der Waals surface area (Å²) in [6, 6.07) is 0.321. The Kier molecular flexibility index (Phi) is 8.74. The van der Waals surface area contributed by atoms with Gasteiger partial charge in [-0.25, -0.2) is 13.1 Å². The van der Waals surface area contributed by atoms with Crippen molar-refractivity contribution in [3.05, 3.63) is 0 Å². The number of hydrogen-bond acceptors (Lipinski definition) is 3. The summed E-state index contributed by atoms with van der Waals surface area (Å²) in [5.74, 6) is 0.888. The maximum absolute atomic E-state index is 11.2. The molecule has 0 saturated carbocycles. The van der Waals surface area contributed by atoms with Crippen molar-refractivity contribution in [2.24, 2.45) is 4.99 Å². The van der Waals surface area contributed by atoms with E-state index in [0.717, 1.165) is 12.5 Å². The molecule has 0 aliphatic rings. The lowest BCUT2D eigenvalue weighted by Gasteiger charge is -2.13. The molecule has 0 spiro atoms. The molecule has 0 unspecified atom stereocenters. The Bertz CT molecular complexity index is 339. The highest BCUT2D eigenvalue weighted by molar-refractivity contribution is 7.89. The quantitative estimate of drug-likeness (QED) is 0.338. The van der Waals surface area contributed by atoms with Gasteiger partial charge in [0.25, 0.3) is 0 Å². The van der Waals surface area contributed by atoms with Crippen LogP contribution in [-0.2, 0) is 10.0 Å². The van der Waals surface area contributed by atoms with Crippen LogP contribution in [0.25, 0.3) is 0 Å². The average molecular weight is 278 g/mol. The van der Waals surface area contributed by atoms with Gasteiger partial charge in [-0.15, -0.1) is 0 Å². The maximum Gasteiger partial charge on any atom is 0.211 e. The zero-order chi connectivity index (χ0) is 14.0. The van der Waals surface area contributed by atoms with Crippen LogP contribution in [0.2, 0.25) is 0 Å². The minimum atomic E-state index is -3.08. The monoisotopic (exact) mass is 278 g/mol. The van der Waals surface area contributed by atoms with Crippen LogP contribution in [0, 0.1) is 0 Å². The van der Waals surface area contributed by atoms with E-state index in [9.17, 15) is 8.42 Å². The van der Waals surface area contributed by atoms with Gasteiger partial charge in [0.15, 0.2) is 5.96 Å². The molecule has 0 amide bonds. The first-order valence-corrected chi connectivity index (χ1v) is 8.08. The van der Waals surface area contributed by atoms with Crippen LogP contribution < -0.4 is 15.4 Å². The Labute approximate surface area is 111 Å². The maximum atomic E-state index is 11.2. The third kappa shape index (κ3) is 9.23. The van der Waals surface area contributed by atoms with Crippen molar-refractivity contribution in [2.75, 3.05) is 25.4 Å². The molecule has 0 fully saturated rings. The van der Waals surface area contributed by atoms with Gasteiger partial charge < -0.3 is 10.6 Å². The second kappa shape index (κ2) is 9.16. The lowest BCUT2D eigenvalue weighted by Crippen LogP contribution is -2.41. The van der Waals surface area contributed by atoms with E-state index >= 15 is 0 Å². The summed E-state index contributed by atoms with van der Waals surface area (Å²) < 4.78 is 24.9. The molecule has 0 saturated heterocycles. The summed E-state index contributed by atoms with van der Waals surface area (Å²) in [4.78, 5) is 4.36. The van der Waals surface area contributed by atoms with E-state index in [1.165, 1.54) is 0 Å². The van der Waals surface area contributed by atoms with Gasteiger partial charge in [0.2, 0.25) is 10.0 Å². The molecule has 0 rings (SSSR count). The molecule has 0 aliphatic carbocycles. The number of rotatable bonds is 8. The van der Waals surface area contributed by atoms with E-state index < -0.39 is 10.0 Å². The first kappa shape index (κ1) is 17.2. The van der Waals surface area contributed by atoms with Crippen LogP contribution in [0.1, 0.15) is 34.1 Å². The minimum absolute atomic E-state index is 0.119. The highest BCUT2D eigenvalue weighted by atomic mass is 32.2. The minimum Gasteiger partial charge on any atom is -0.357 e. The van der Waals surface area contributed by atoms with E-state index in [-0.39, 0.29) is 5.75 Å². The summed E-state index contributed by atoms with van der Waals surface area (Å²) in [6.07, 6.45) is 0.688. The molecule has 0 aliphatic heterocycles. The normalized spacial score (nSPS) is 12.8. The van der Waals surface area contributed by atoms with Gasteiger partial charge in [-0.2, -0.15) is 0 Å². The molecule has 0 radical (unpaired) electrons. The summed E-state index contributed by atoms with van der Waals surface area (Å²) in [5, 5.41) is 6.33. The zero-order valence-corrected chi connectivity index (χ0v) is 12.6. The smallest absolute Gasteiger partial charge is 0.211 e. The van der Waals surface area contributed by atoms with Crippen LogP contribution in [0.5, 0.6) is 0 Å². The third-order valence-corrected chi connectivity index (χ3v) is 3.48. The fourth-order valence-corrected chi connectivity index (χ4v) is 1.85. The molecular formula is C11H26N4O2S. The summed E-state index contributed by atoms with van der Waals surface area (Å²) in [7, 11) is -3.08. The van der Waals surface area contributed by atoms with Crippen LogP contribution in [-0.4, -0.2) is 45.8 Å². The Balaban J connectivity index is 3.96. The summed E-state index contributed by atoms with van der Waals surface area (Å²) in [5.41, 5.74) is 0. The highest BCUT2D eigenvalue weighted by Crippen LogP contribution is 1.86. The van der Waals surface area contributed by atoms with Gasteiger partial charge in [-0.1, -0.05) is 0 Å². The average Bonchev–Trinajstić information content (AvgIpc) is 2.28. The Morgan fingerprint density at radius 3 is 2.44 bits per heavy atom. The number of guanidine groups is 1. The molecular weight excluding hydrogens is 252 g/mol. The number of nitrogens with zero attached hydrogens (tertiary/aromatic N) is 1. The van der Waals surface area contributed by atoms with Crippen molar-refractivity contribution >= 4 is 16.0 Å². The molecule has 0 aromatic carbocycles. The predicted octanol–water partition coefficient (Wildman–Crippen LogP) is 0.279. The summed E-state index contributed by atoms with van der Waals surface area (Å²) in [6.45, 7) is 9.55. The van der Waals surface area contributed by atoms with E-state index in [1.807, 2.05) is 20.8 Å². The zero-order valence-electron chi connectivity index (χ0n) is 11.8. The SMILES string of the molecule is CCNC(=NCCCNS(=O)(=O)CC)NC(C)C. The molecule has 7 heteroatoms. The second-order valence-electron chi connectivity index (χ2n) is 4.21. The molecule has 6 nitrogen and oxygen atoms in total. The number of hydrogen-bond donors (Lipinski definition) is 3. The Morgan fingerprint density at radius 1 is 1.28 bits per heavy atom. The van der Waals surface area contributed by atoms with Gasteiger partial charge in [0, 0.05) is 25.7 Å². The number of nitrogens with one attached hydrogen (secondary N) is 3. The van der Waals surface area contributed by atoms with Crippen molar-refractivity contribution in [1.29, 1.82) is 0 Å². The largest absolute Gasteiger partial charge is 0.357 e. The lowest BCUT2D eigenvalue weighted by atomic mass is 10.4. The molecule has 108 valence electrons. The predicted molar refractivity (Wildman–Crippen MR) is 76.3 cm³/mol. The molecule has 0 bridgehead atoms. The van der Waals surface area contributed by atoms with Crippen LogP contribution in [0.3, 0.4) is 0 Å². The van der Waals surface area contributed by atoms with Crippen molar-refractivity contribution in [1.82, 2.24) is 15.4 Å². The van der Waals surface area contributed by atoms with Gasteiger partial charge in [-0.05, 0) is 34.1 Å². The topological polar surface area (TPSA) is 82.6 Å². The molecule has 0 atom stereocenters. The Hall–Kier alpha value is -0.820. The van der Waals surface area contributed by atoms with Gasteiger partial charge >= 0.3 is 0 Å². The summed E-state index contributed by atoms with van der Waals surface area (Å²) >= 11 is 0. The highest BCUT2D eigenvalue weighted by Gasteiger charge is 2.04. The van der Waals surface area contributed by atoms with Crippen LogP contribution in [0.15, 0.2) is 4.99 Å². The van der Waals surface area contributed by atoms with Gasteiger partial charge in [-0.3, -0.25) is 4.99 Å². The van der Waals surface area contributed by atoms with Crippen molar-refractivity contribution in [2.45, 2.75) is 40.2 Å². The molecule has 0 aromatic rings. The number of sulfonamides is 1. The van der Waals surface area contributed by atoms with E-state index in [2.05, 4.69) is 20.3 Å². The standard InChI is InChI=1S/C11H26N4O2S/c1-5-12-11(15-10(3)4)13-8-7-9-14-18(16,17)6-2/h10,14H,5-9H2,1-4H3,(H2,12,13,15). The third-order valence-electron chi connectivity index (χ3n) is 2.08. The van der Waals surface area contributed by atoms with Crippen LogP contribution in [0.4, 0.5) is 0 Å². The van der Waals surface area contributed by atoms with Crippen molar-refractivity contribution < 1.29 is 8.42 Å². The fraction of sp³-hybridized carbons (Fsp3) is 0.909. The Morgan fingerprint density at radius 2 is 1.94 bits per heavy atom. The first-order valence-electron chi connectivity index (χ1n) is 6.43. The van der Waals surface area contributed by atoms with Gasteiger partial charge in [0.1, 0.15) is 0 Å². The molecule has 0 aromatic heterocycles. The van der Waals surface area contributed by atoms with Crippen molar-refractivity contribution in [3.8, 4) is 0 Å². The van der Waals surface area contributed by atoms with E-state index in [1.54, 1.807) is 6.92 Å². The molecule has 0 heterocycles. The fourth-order valence-electron chi connectivity index (χ4n) is 1.19. The molecule has 18 heavy (non-hydrogen) atoms. The number of aliphatic imine (C=N–C) groups is 1. The van der Waals surface area contributed by atoms with Gasteiger partial charge in [0.05, 0.1) is 5.75 Å². The van der Waals surface area contributed by atoms with Crippen molar-refractivity contribution in [3.63, 3.8) is 0 Å². The first-order chi connectivity index (χ1) is 8.41. The van der Waals surface area contributed by atoms with E-state index in [4.69, 9.17) is 0 Å². The molecule has 3 N–H and O–H groups in total.